The van der Waals surface area contributed by atoms with Crippen molar-refractivity contribution in [3.63, 3.8) is 0 Å². The molecule has 6 nitrogen and oxygen atoms in total. The molecular weight excluding hydrogens is 500 g/mol. The van der Waals surface area contributed by atoms with Gasteiger partial charge in [-0.1, -0.05) is 75.7 Å². The van der Waals surface area contributed by atoms with E-state index in [0.717, 1.165) is 26.9 Å². The van der Waals surface area contributed by atoms with Crippen LogP contribution in [0, 0.1) is 13.8 Å². The maximum atomic E-state index is 12.5. The fourth-order valence-corrected chi connectivity index (χ4v) is 4.61. The number of thioether (sulfide) groups is 1. The van der Waals surface area contributed by atoms with Crippen LogP contribution in [0.4, 0.5) is 0 Å². The second-order valence-corrected chi connectivity index (χ2v) is 9.50. The Morgan fingerprint density at radius 3 is 2.61 bits per heavy atom. The van der Waals surface area contributed by atoms with Crippen molar-refractivity contribution in [1.29, 1.82) is 0 Å². The Morgan fingerprint density at radius 2 is 1.85 bits per heavy atom. The number of aromatic nitrogens is 3. The third-order valence-electron chi connectivity index (χ3n) is 5.09. The molecule has 2 N–H and O–H groups in total. The zero-order chi connectivity index (χ0) is 23.4. The van der Waals surface area contributed by atoms with Crippen LogP contribution in [0.5, 0.6) is 5.75 Å². The van der Waals surface area contributed by atoms with Crippen molar-refractivity contribution in [2.75, 3.05) is 5.75 Å². The van der Waals surface area contributed by atoms with Gasteiger partial charge in [0.2, 0.25) is 5.91 Å². The predicted octanol–water partition coefficient (Wildman–Crippen LogP) is 5.43. The number of hydrogen-bond donors (Lipinski definition) is 2. The Balaban J connectivity index is 1.63. The monoisotopic (exact) mass is 522 g/mol. The van der Waals surface area contributed by atoms with Crippen LogP contribution in [0.15, 0.2) is 76.4 Å². The smallest absolute Gasteiger partial charge is 0.230 e. The number of hydrogen-bond acceptors (Lipinski definition) is 5. The molecule has 0 aliphatic heterocycles. The molecule has 0 bridgehead atoms. The molecule has 3 aromatic carbocycles. The number of nitrogens with zero attached hydrogens (tertiary/aromatic N) is 3. The molecule has 0 saturated carbocycles. The molecule has 0 radical (unpaired) electrons. The average Bonchev–Trinajstić information content (AvgIpc) is 3.22. The van der Waals surface area contributed by atoms with E-state index in [1.165, 1.54) is 11.8 Å². The van der Waals surface area contributed by atoms with E-state index in [4.69, 9.17) is 0 Å². The number of benzene rings is 3. The van der Waals surface area contributed by atoms with Crippen molar-refractivity contribution >= 4 is 33.6 Å². The summed E-state index contributed by atoms with van der Waals surface area (Å²) in [4.78, 5) is 12.5. The van der Waals surface area contributed by atoms with Crippen LogP contribution in [0.2, 0.25) is 0 Å². The third kappa shape index (κ3) is 5.46. The maximum Gasteiger partial charge on any atom is 0.230 e. The summed E-state index contributed by atoms with van der Waals surface area (Å²) >= 11 is 4.77. The molecule has 0 aliphatic carbocycles. The summed E-state index contributed by atoms with van der Waals surface area (Å²) < 4.78 is 2.71. The molecule has 33 heavy (non-hydrogen) atoms. The number of phenols is 1. The van der Waals surface area contributed by atoms with Gasteiger partial charge in [-0.3, -0.25) is 9.36 Å². The van der Waals surface area contributed by atoms with Gasteiger partial charge in [0.25, 0.3) is 0 Å². The molecule has 1 aromatic heterocycles. The first kappa shape index (κ1) is 23.1. The van der Waals surface area contributed by atoms with Gasteiger partial charge in [0.1, 0.15) is 5.75 Å². The lowest BCUT2D eigenvalue weighted by atomic mass is 10.1. The summed E-state index contributed by atoms with van der Waals surface area (Å²) in [6.45, 7) is 4.53. The van der Waals surface area contributed by atoms with Crippen LogP contribution in [-0.2, 0) is 11.3 Å². The summed E-state index contributed by atoms with van der Waals surface area (Å²) in [5.41, 5.74) is 4.68. The van der Waals surface area contributed by atoms with Crippen LogP contribution < -0.4 is 5.32 Å². The molecule has 0 fully saturated rings. The average molecular weight is 523 g/mol. The van der Waals surface area contributed by atoms with E-state index in [9.17, 15) is 9.90 Å². The SMILES string of the molecule is Cc1ccc(-n2c(SCC(=O)NCc3ccccc3)nnc2-c2cc(Br)ccc2O)c(C)c1. The molecule has 0 saturated heterocycles. The summed E-state index contributed by atoms with van der Waals surface area (Å²) in [6.07, 6.45) is 0. The van der Waals surface area contributed by atoms with E-state index in [2.05, 4.69) is 37.5 Å². The number of carbonyl (C=O) groups excluding carboxylic acids is 1. The van der Waals surface area contributed by atoms with E-state index in [1.54, 1.807) is 18.2 Å². The highest BCUT2D eigenvalue weighted by Gasteiger charge is 2.21. The van der Waals surface area contributed by atoms with E-state index < -0.39 is 0 Å². The molecule has 0 aliphatic rings. The molecule has 4 aromatic rings. The molecule has 168 valence electrons. The number of aromatic hydroxyl groups is 1. The number of amides is 1. The summed E-state index contributed by atoms with van der Waals surface area (Å²) in [5, 5.41) is 22.8. The first-order valence-electron chi connectivity index (χ1n) is 10.4. The molecule has 8 heteroatoms. The predicted molar refractivity (Wildman–Crippen MR) is 135 cm³/mol. The maximum absolute atomic E-state index is 12.5. The lowest BCUT2D eigenvalue weighted by Gasteiger charge is -2.14. The third-order valence-corrected chi connectivity index (χ3v) is 6.51. The van der Waals surface area contributed by atoms with Gasteiger partial charge in [-0.15, -0.1) is 10.2 Å². The minimum absolute atomic E-state index is 0.0918. The summed E-state index contributed by atoms with van der Waals surface area (Å²) in [5.74, 6) is 0.716. The van der Waals surface area contributed by atoms with Crippen molar-refractivity contribution in [1.82, 2.24) is 20.1 Å². The lowest BCUT2D eigenvalue weighted by molar-refractivity contribution is -0.118. The highest BCUT2D eigenvalue weighted by Crippen LogP contribution is 2.35. The number of phenolic OH excluding ortho intramolecular Hbond substituents is 1. The van der Waals surface area contributed by atoms with Crippen LogP contribution in [-0.4, -0.2) is 31.5 Å². The quantitative estimate of drug-likeness (QED) is 0.316. The van der Waals surface area contributed by atoms with Crippen LogP contribution in [0.3, 0.4) is 0 Å². The van der Waals surface area contributed by atoms with E-state index in [0.29, 0.717) is 23.1 Å². The minimum Gasteiger partial charge on any atom is -0.507 e. The molecule has 1 amide bonds. The van der Waals surface area contributed by atoms with E-state index in [-0.39, 0.29) is 17.4 Å². The van der Waals surface area contributed by atoms with Gasteiger partial charge < -0.3 is 10.4 Å². The fourth-order valence-electron chi connectivity index (χ4n) is 3.48. The van der Waals surface area contributed by atoms with Gasteiger partial charge in [0, 0.05) is 11.0 Å². The van der Waals surface area contributed by atoms with Gasteiger partial charge in [-0.05, 0) is 49.2 Å². The highest BCUT2D eigenvalue weighted by atomic mass is 79.9. The Morgan fingerprint density at radius 1 is 1.06 bits per heavy atom. The number of halogens is 1. The van der Waals surface area contributed by atoms with Gasteiger partial charge in [-0.2, -0.15) is 0 Å². The molecule has 0 spiro atoms. The summed E-state index contributed by atoms with van der Waals surface area (Å²) in [6, 6.07) is 21.1. The first-order chi connectivity index (χ1) is 15.9. The number of aryl methyl sites for hydroxylation is 2. The fraction of sp³-hybridized carbons (Fsp3) is 0.160. The Labute approximate surface area is 205 Å². The van der Waals surface area contributed by atoms with Gasteiger partial charge in [-0.25, -0.2) is 0 Å². The number of rotatable bonds is 7. The Hall–Kier alpha value is -3.10. The van der Waals surface area contributed by atoms with Crippen molar-refractivity contribution in [2.24, 2.45) is 0 Å². The topological polar surface area (TPSA) is 80.0 Å². The van der Waals surface area contributed by atoms with Gasteiger partial charge in [0.15, 0.2) is 11.0 Å². The van der Waals surface area contributed by atoms with Crippen LogP contribution in [0.25, 0.3) is 17.1 Å². The van der Waals surface area contributed by atoms with Crippen molar-refractivity contribution < 1.29 is 9.90 Å². The number of nitrogens with one attached hydrogen (secondary N) is 1. The van der Waals surface area contributed by atoms with E-state index >= 15 is 0 Å². The highest BCUT2D eigenvalue weighted by molar-refractivity contribution is 9.10. The Bertz CT molecular complexity index is 1290. The summed E-state index contributed by atoms with van der Waals surface area (Å²) in [7, 11) is 0. The molecular formula is C25H23BrN4O2S. The van der Waals surface area contributed by atoms with Crippen molar-refractivity contribution in [3.8, 4) is 22.8 Å². The van der Waals surface area contributed by atoms with Crippen molar-refractivity contribution in [3.05, 3.63) is 87.9 Å². The largest absolute Gasteiger partial charge is 0.507 e. The molecule has 1 heterocycles. The Kier molecular flexibility index (Phi) is 7.15. The van der Waals surface area contributed by atoms with Crippen molar-refractivity contribution in [2.45, 2.75) is 25.5 Å². The standard InChI is InChI=1S/C25H23BrN4O2S/c1-16-8-10-21(17(2)12-16)30-24(20-13-19(26)9-11-22(20)31)28-29-25(30)33-15-23(32)27-14-18-6-4-3-5-7-18/h3-13,31H,14-15H2,1-2H3,(H,27,32). The molecule has 0 atom stereocenters. The molecule has 4 rings (SSSR count). The normalized spacial score (nSPS) is 10.9. The first-order valence-corrected chi connectivity index (χ1v) is 12.2. The van der Waals surface area contributed by atoms with Gasteiger partial charge >= 0.3 is 0 Å². The van der Waals surface area contributed by atoms with Gasteiger partial charge in [0.05, 0.1) is 17.0 Å². The lowest BCUT2D eigenvalue weighted by Crippen LogP contribution is -2.24. The van der Waals surface area contributed by atoms with Crippen LogP contribution in [0.1, 0.15) is 16.7 Å². The zero-order valence-electron chi connectivity index (χ0n) is 18.2. The number of carbonyl (C=O) groups is 1. The second kappa shape index (κ2) is 10.2. The molecule has 0 unspecified atom stereocenters. The van der Waals surface area contributed by atoms with Crippen LogP contribution >= 0.6 is 27.7 Å². The second-order valence-electron chi connectivity index (χ2n) is 7.64. The van der Waals surface area contributed by atoms with E-state index in [1.807, 2.05) is 60.9 Å². The minimum atomic E-state index is -0.0918. The zero-order valence-corrected chi connectivity index (χ0v) is 20.7.